The number of benzene rings is 1. The van der Waals surface area contributed by atoms with Crippen molar-refractivity contribution in [1.29, 1.82) is 0 Å². The number of hydrogen-bond acceptors (Lipinski definition) is 4. The molecule has 1 saturated heterocycles. The predicted octanol–water partition coefficient (Wildman–Crippen LogP) is 2.31. The summed E-state index contributed by atoms with van der Waals surface area (Å²) >= 11 is 0. The highest BCUT2D eigenvalue weighted by molar-refractivity contribution is 5.94. The highest BCUT2D eigenvalue weighted by Crippen LogP contribution is 2.25. The Morgan fingerprint density at radius 1 is 1.33 bits per heavy atom. The molecule has 0 saturated carbocycles. The third-order valence-electron chi connectivity index (χ3n) is 4.21. The van der Waals surface area contributed by atoms with Gasteiger partial charge in [0, 0.05) is 18.7 Å². The van der Waals surface area contributed by atoms with Crippen molar-refractivity contribution in [2.45, 2.75) is 39.7 Å². The minimum Gasteiger partial charge on any atom is -0.481 e. The number of nitrogens with one attached hydrogen (secondary N) is 1. The molecule has 1 aliphatic heterocycles. The number of carboxylic acids is 1. The predicted molar refractivity (Wildman–Crippen MR) is 89.5 cm³/mol. The van der Waals surface area contributed by atoms with E-state index >= 15 is 0 Å². The SMILES string of the molecule is Cc1cc(C(=O)NC[C@@H]2CCO[C@@H](C)C2)cc(C)c1OCC(=O)O. The molecule has 6 nitrogen and oxygen atoms in total. The number of amides is 1. The van der Waals surface area contributed by atoms with Gasteiger partial charge in [-0.1, -0.05) is 0 Å². The second kappa shape index (κ2) is 8.15. The van der Waals surface area contributed by atoms with E-state index in [0.29, 0.717) is 23.8 Å². The number of rotatable bonds is 6. The van der Waals surface area contributed by atoms with Gasteiger partial charge in [0.25, 0.3) is 5.91 Å². The molecule has 2 atom stereocenters. The van der Waals surface area contributed by atoms with Crippen LogP contribution in [0, 0.1) is 19.8 Å². The molecule has 0 bridgehead atoms. The first-order chi connectivity index (χ1) is 11.4. The highest BCUT2D eigenvalue weighted by Gasteiger charge is 2.20. The summed E-state index contributed by atoms with van der Waals surface area (Å²) in [6.45, 7) is 6.66. The molecule has 2 rings (SSSR count). The Morgan fingerprint density at radius 3 is 2.58 bits per heavy atom. The van der Waals surface area contributed by atoms with E-state index in [-0.39, 0.29) is 12.0 Å². The van der Waals surface area contributed by atoms with Crippen molar-refractivity contribution in [3.8, 4) is 5.75 Å². The van der Waals surface area contributed by atoms with Crippen LogP contribution in [0.2, 0.25) is 0 Å². The Kier molecular flexibility index (Phi) is 6.20. The van der Waals surface area contributed by atoms with Crippen LogP contribution >= 0.6 is 0 Å². The average molecular weight is 335 g/mol. The van der Waals surface area contributed by atoms with Crippen molar-refractivity contribution in [3.63, 3.8) is 0 Å². The molecule has 6 heteroatoms. The Balaban J connectivity index is 1.98. The lowest BCUT2D eigenvalue weighted by atomic mass is 9.96. The second-order valence-corrected chi connectivity index (χ2v) is 6.40. The van der Waals surface area contributed by atoms with E-state index < -0.39 is 12.6 Å². The number of carbonyl (C=O) groups is 2. The third-order valence-corrected chi connectivity index (χ3v) is 4.21. The van der Waals surface area contributed by atoms with Crippen LogP contribution in [0.5, 0.6) is 5.75 Å². The van der Waals surface area contributed by atoms with Crippen LogP contribution in [0.3, 0.4) is 0 Å². The summed E-state index contributed by atoms with van der Waals surface area (Å²) in [5.74, 6) is -0.184. The normalized spacial score (nSPS) is 20.5. The Hall–Kier alpha value is -2.08. The molecular formula is C18H25NO5. The summed E-state index contributed by atoms with van der Waals surface area (Å²) < 4.78 is 10.8. The van der Waals surface area contributed by atoms with E-state index in [9.17, 15) is 9.59 Å². The molecule has 0 aromatic heterocycles. The van der Waals surface area contributed by atoms with Gasteiger partial charge in [0.05, 0.1) is 6.10 Å². The van der Waals surface area contributed by atoms with Crippen molar-refractivity contribution in [2.75, 3.05) is 19.8 Å². The van der Waals surface area contributed by atoms with Gasteiger partial charge in [0.15, 0.2) is 6.61 Å². The van der Waals surface area contributed by atoms with Gasteiger partial charge in [-0.2, -0.15) is 0 Å². The first kappa shape index (κ1) is 18.3. The van der Waals surface area contributed by atoms with E-state index in [1.807, 2.05) is 0 Å². The summed E-state index contributed by atoms with van der Waals surface area (Å²) in [6.07, 6.45) is 2.17. The maximum Gasteiger partial charge on any atom is 0.341 e. The monoisotopic (exact) mass is 335 g/mol. The smallest absolute Gasteiger partial charge is 0.341 e. The van der Waals surface area contributed by atoms with E-state index in [0.717, 1.165) is 30.6 Å². The Morgan fingerprint density at radius 2 is 2.00 bits per heavy atom. The molecule has 2 N–H and O–H groups in total. The van der Waals surface area contributed by atoms with Crippen LogP contribution < -0.4 is 10.1 Å². The fourth-order valence-corrected chi connectivity index (χ4v) is 3.06. The number of hydrogen-bond donors (Lipinski definition) is 2. The fourth-order valence-electron chi connectivity index (χ4n) is 3.06. The van der Waals surface area contributed by atoms with Crippen LogP contribution in [0.15, 0.2) is 12.1 Å². The van der Waals surface area contributed by atoms with E-state index in [1.165, 1.54) is 0 Å². The lowest BCUT2D eigenvalue weighted by molar-refractivity contribution is -0.139. The minimum absolute atomic E-state index is 0.120. The molecule has 0 aliphatic carbocycles. The first-order valence-electron chi connectivity index (χ1n) is 8.22. The number of carboxylic acid groups (broad SMARTS) is 1. The maximum absolute atomic E-state index is 12.4. The van der Waals surface area contributed by atoms with Crippen molar-refractivity contribution in [1.82, 2.24) is 5.32 Å². The van der Waals surface area contributed by atoms with Crippen LogP contribution in [-0.2, 0) is 9.53 Å². The molecule has 1 amide bonds. The molecule has 0 spiro atoms. The van der Waals surface area contributed by atoms with Crippen LogP contribution in [0.1, 0.15) is 41.3 Å². The van der Waals surface area contributed by atoms with Crippen LogP contribution in [-0.4, -0.2) is 42.8 Å². The third kappa shape index (κ3) is 4.96. The molecular weight excluding hydrogens is 310 g/mol. The zero-order chi connectivity index (χ0) is 17.7. The lowest BCUT2D eigenvalue weighted by Gasteiger charge is -2.27. The van der Waals surface area contributed by atoms with Gasteiger partial charge in [-0.05, 0) is 62.8 Å². The average Bonchev–Trinajstić information content (AvgIpc) is 2.51. The molecule has 1 fully saturated rings. The number of carbonyl (C=O) groups excluding carboxylic acids is 1. The lowest BCUT2D eigenvalue weighted by Crippen LogP contribution is -2.34. The van der Waals surface area contributed by atoms with Crippen molar-refractivity contribution < 1.29 is 24.2 Å². The largest absolute Gasteiger partial charge is 0.481 e. The van der Waals surface area contributed by atoms with Gasteiger partial charge in [-0.25, -0.2) is 4.79 Å². The number of aliphatic carboxylic acids is 1. The maximum atomic E-state index is 12.4. The molecule has 1 heterocycles. The summed E-state index contributed by atoms with van der Waals surface area (Å²) in [6, 6.07) is 3.46. The highest BCUT2D eigenvalue weighted by atomic mass is 16.5. The molecule has 24 heavy (non-hydrogen) atoms. The van der Waals surface area contributed by atoms with Gasteiger partial charge in [-0.3, -0.25) is 4.79 Å². The summed E-state index contributed by atoms with van der Waals surface area (Å²) in [4.78, 5) is 23.0. The Labute approximate surface area is 142 Å². The molecule has 132 valence electrons. The van der Waals surface area contributed by atoms with Gasteiger partial charge >= 0.3 is 5.97 Å². The van der Waals surface area contributed by atoms with E-state index in [2.05, 4.69) is 12.2 Å². The first-order valence-corrected chi connectivity index (χ1v) is 8.22. The van der Waals surface area contributed by atoms with E-state index in [1.54, 1.807) is 26.0 Å². The number of ether oxygens (including phenoxy) is 2. The van der Waals surface area contributed by atoms with E-state index in [4.69, 9.17) is 14.6 Å². The molecule has 0 unspecified atom stereocenters. The molecule has 1 aromatic carbocycles. The van der Waals surface area contributed by atoms with Gasteiger partial charge in [0.1, 0.15) is 5.75 Å². The number of aryl methyl sites for hydroxylation is 2. The van der Waals surface area contributed by atoms with Gasteiger partial charge in [-0.15, -0.1) is 0 Å². The van der Waals surface area contributed by atoms with Gasteiger partial charge in [0.2, 0.25) is 0 Å². The van der Waals surface area contributed by atoms with Crippen molar-refractivity contribution in [3.05, 3.63) is 28.8 Å². The molecule has 0 radical (unpaired) electrons. The summed E-state index contributed by atoms with van der Waals surface area (Å²) in [7, 11) is 0. The Bertz CT molecular complexity index is 590. The standard InChI is InChI=1S/C18H25NO5/c1-11-6-15(7-12(2)17(11)24-10-16(20)21)18(22)19-9-14-4-5-23-13(3)8-14/h6-7,13-14H,4-5,8-10H2,1-3H3,(H,19,22)(H,20,21)/t13-,14+/m0/s1. The van der Waals surface area contributed by atoms with Crippen molar-refractivity contribution >= 4 is 11.9 Å². The summed E-state index contributed by atoms with van der Waals surface area (Å²) in [5.41, 5.74) is 2.06. The molecule has 1 aliphatic rings. The minimum atomic E-state index is -1.03. The topological polar surface area (TPSA) is 84.9 Å². The van der Waals surface area contributed by atoms with Gasteiger partial charge < -0.3 is 19.9 Å². The zero-order valence-corrected chi connectivity index (χ0v) is 14.4. The van der Waals surface area contributed by atoms with Crippen LogP contribution in [0.4, 0.5) is 0 Å². The zero-order valence-electron chi connectivity index (χ0n) is 14.4. The van der Waals surface area contributed by atoms with Crippen molar-refractivity contribution in [2.24, 2.45) is 5.92 Å². The second-order valence-electron chi connectivity index (χ2n) is 6.40. The van der Waals surface area contributed by atoms with Crippen LogP contribution in [0.25, 0.3) is 0 Å². The molecule has 1 aromatic rings. The summed E-state index contributed by atoms with van der Waals surface area (Å²) in [5, 5.41) is 11.7. The quantitative estimate of drug-likeness (QED) is 0.833. The fraction of sp³-hybridized carbons (Fsp3) is 0.556.